The van der Waals surface area contributed by atoms with Crippen LogP contribution in [-0.2, 0) is 24.8 Å². The molecule has 6 heteroatoms. The second-order valence-corrected chi connectivity index (χ2v) is 10.2. The molecule has 2 fully saturated rings. The van der Waals surface area contributed by atoms with Gasteiger partial charge < -0.3 is 10.1 Å². The van der Waals surface area contributed by atoms with Gasteiger partial charge in [-0.05, 0) is 49.4 Å². The van der Waals surface area contributed by atoms with Crippen LogP contribution in [0.5, 0.6) is 0 Å². The molecule has 1 heterocycles. The number of nitrogens with one attached hydrogen (secondary N) is 1. The summed E-state index contributed by atoms with van der Waals surface area (Å²) in [5.74, 6) is -0.109. The maximum absolute atomic E-state index is 13.4. The van der Waals surface area contributed by atoms with Crippen molar-refractivity contribution < 1.29 is 17.9 Å². The van der Waals surface area contributed by atoms with Crippen LogP contribution in [0.2, 0.25) is 0 Å². The van der Waals surface area contributed by atoms with Crippen LogP contribution in [0.15, 0.2) is 59.5 Å². The Labute approximate surface area is 172 Å². The summed E-state index contributed by atoms with van der Waals surface area (Å²) in [6.45, 7) is 1.05. The third-order valence-electron chi connectivity index (χ3n) is 6.27. The SMILES string of the molecule is O=C(Nc1cccc(S(=O)(=O)C2CCCC2)c1)C1(c2ccccc2)CCOCC1. The second kappa shape index (κ2) is 8.28. The van der Waals surface area contributed by atoms with E-state index in [2.05, 4.69) is 5.32 Å². The van der Waals surface area contributed by atoms with Crippen LogP contribution in [0.3, 0.4) is 0 Å². The van der Waals surface area contributed by atoms with Crippen molar-refractivity contribution in [1.29, 1.82) is 0 Å². The standard InChI is InChI=1S/C23H27NO4S/c25-22(23(13-15-28-16-14-23)18-7-2-1-3-8-18)24-19-9-6-12-21(17-19)29(26,27)20-10-4-5-11-20/h1-3,6-9,12,17,20H,4-5,10-11,13-16H2,(H,24,25). The van der Waals surface area contributed by atoms with E-state index in [1.54, 1.807) is 24.3 Å². The Bertz CT molecular complexity index is 959. The van der Waals surface area contributed by atoms with Crippen molar-refractivity contribution in [2.45, 2.75) is 54.1 Å². The molecule has 0 radical (unpaired) electrons. The Kier molecular flexibility index (Phi) is 5.74. The summed E-state index contributed by atoms with van der Waals surface area (Å²) in [5, 5.41) is 2.69. The maximum Gasteiger partial charge on any atom is 0.235 e. The summed E-state index contributed by atoms with van der Waals surface area (Å²) in [5.41, 5.74) is 0.825. The van der Waals surface area contributed by atoms with E-state index in [1.807, 2.05) is 30.3 Å². The number of sulfone groups is 1. The van der Waals surface area contributed by atoms with Gasteiger partial charge in [-0.2, -0.15) is 0 Å². The van der Waals surface area contributed by atoms with E-state index in [1.165, 1.54) is 0 Å². The van der Waals surface area contributed by atoms with Gasteiger partial charge in [0.15, 0.2) is 9.84 Å². The third-order valence-corrected chi connectivity index (χ3v) is 8.53. The summed E-state index contributed by atoms with van der Waals surface area (Å²) in [6, 6.07) is 16.5. The van der Waals surface area contributed by atoms with Crippen LogP contribution in [-0.4, -0.2) is 32.8 Å². The quantitative estimate of drug-likeness (QED) is 0.801. The van der Waals surface area contributed by atoms with E-state index in [4.69, 9.17) is 4.74 Å². The first-order valence-electron chi connectivity index (χ1n) is 10.3. The second-order valence-electron chi connectivity index (χ2n) is 7.99. The number of benzene rings is 2. The molecule has 0 spiro atoms. The van der Waals surface area contributed by atoms with Gasteiger partial charge in [-0.25, -0.2) is 8.42 Å². The number of carbonyl (C=O) groups is 1. The highest BCUT2D eigenvalue weighted by Gasteiger charge is 2.41. The Morgan fingerprint density at radius 1 is 0.966 bits per heavy atom. The fourth-order valence-electron chi connectivity index (χ4n) is 4.52. The minimum atomic E-state index is -3.36. The lowest BCUT2D eigenvalue weighted by atomic mass is 9.73. The van der Waals surface area contributed by atoms with Gasteiger partial charge in [-0.1, -0.05) is 49.2 Å². The molecule has 2 aliphatic rings. The van der Waals surface area contributed by atoms with E-state index in [0.717, 1.165) is 31.2 Å². The van der Waals surface area contributed by atoms with Gasteiger partial charge in [-0.3, -0.25) is 4.79 Å². The van der Waals surface area contributed by atoms with E-state index < -0.39 is 15.3 Å². The number of hydrogen-bond acceptors (Lipinski definition) is 4. The van der Waals surface area contributed by atoms with Gasteiger partial charge in [0.05, 0.1) is 15.6 Å². The lowest BCUT2D eigenvalue weighted by Crippen LogP contribution is -2.44. The van der Waals surface area contributed by atoms with E-state index in [-0.39, 0.29) is 11.2 Å². The average molecular weight is 414 g/mol. The molecule has 2 aromatic rings. The fourth-order valence-corrected chi connectivity index (χ4v) is 6.41. The van der Waals surface area contributed by atoms with Crippen LogP contribution in [0.4, 0.5) is 5.69 Å². The molecular weight excluding hydrogens is 386 g/mol. The van der Waals surface area contributed by atoms with Gasteiger partial charge >= 0.3 is 0 Å². The normalized spacial score (nSPS) is 19.7. The van der Waals surface area contributed by atoms with Crippen LogP contribution in [0.25, 0.3) is 0 Å². The first kappa shape index (κ1) is 20.1. The summed E-state index contributed by atoms with van der Waals surface area (Å²) in [7, 11) is -3.36. The molecule has 1 saturated heterocycles. The maximum atomic E-state index is 13.4. The molecule has 5 nitrogen and oxygen atoms in total. The van der Waals surface area contributed by atoms with Crippen LogP contribution in [0.1, 0.15) is 44.1 Å². The monoisotopic (exact) mass is 413 g/mol. The molecular formula is C23H27NO4S. The smallest absolute Gasteiger partial charge is 0.235 e. The van der Waals surface area contributed by atoms with Crippen molar-refractivity contribution in [2.75, 3.05) is 18.5 Å². The summed E-state index contributed by atoms with van der Waals surface area (Å²) >= 11 is 0. The van der Waals surface area contributed by atoms with Crippen LogP contribution >= 0.6 is 0 Å². The van der Waals surface area contributed by atoms with E-state index in [0.29, 0.717) is 36.6 Å². The summed E-state index contributed by atoms with van der Waals surface area (Å²) < 4.78 is 31.4. The molecule has 1 saturated carbocycles. The van der Waals surface area contributed by atoms with Crippen molar-refractivity contribution in [3.05, 3.63) is 60.2 Å². The molecule has 0 bridgehead atoms. The van der Waals surface area contributed by atoms with Crippen molar-refractivity contribution in [3.8, 4) is 0 Å². The van der Waals surface area contributed by atoms with Gasteiger partial charge in [0.25, 0.3) is 0 Å². The van der Waals surface area contributed by atoms with E-state index >= 15 is 0 Å². The van der Waals surface area contributed by atoms with Gasteiger partial charge in [0, 0.05) is 18.9 Å². The van der Waals surface area contributed by atoms with Gasteiger partial charge in [0.1, 0.15) is 0 Å². The first-order chi connectivity index (χ1) is 14.0. The Morgan fingerprint density at radius 3 is 2.34 bits per heavy atom. The molecule has 4 rings (SSSR count). The highest BCUT2D eigenvalue weighted by atomic mass is 32.2. The third kappa shape index (κ3) is 3.96. The zero-order valence-electron chi connectivity index (χ0n) is 16.5. The zero-order chi connectivity index (χ0) is 20.3. The molecule has 1 aliphatic heterocycles. The fraction of sp³-hybridized carbons (Fsp3) is 0.435. The van der Waals surface area contributed by atoms with Crippen LogP contribution < -0.4 is 5.32 Å². The Hall–Kier alpha value is -2.18. The van der Waals surface area contributed by atoms with Gasteiger partial charge in [-0.15, -0.1) is 0 Å². The van der Waals surface area contributed by atoms with E-state index in [9.17, 15) is 13.2 Å². The zero-order valence-corrected chi connectivity index (χ0v) is 17.3. The molecule has 0 atom stereocenters. The lowest BCUT2D eigenvalue weighted by Gasteiger charge is -2.36. The molecule has 1 N–H and O–H groups in total. The Morgan fingerprint density at radius 2 is 1.66 bits per heavy atom. The van der Waals surface area contributed by atoms with Crippen molar-refractivity contribution in [1.82, 2.24) is 0 Å². The highest BCUT2D eigenvalue weighted by molar-refractivity contribution is 7.92. The summed E-state index contributed by atoms with van der Waals surface area (Å²) in [4.78, 5) is 13.7. The Balaban J connectivity index is 1.60. The number of carbonyl (C=O) groups excluding carboxylic acids is 1. The number of ether oxygens (including phenoxy) is 1. The topological polar surface area (TPSA) is 72.5 Å². The average Bonchev–Trinajstić information content (AvgIpc) is 3.31. The molecule has 0 aromatic heterocycles. The minimum Gasteiger partial charge on any atom is -0.381 e. The number of rotatable bonds is 5. The minimum absolute atomic E-state index is 0.109. The van der Waals surface area contributed by atoms with Gasteiger partial charge in [0.2, 0.25) is 5.91 Å². The number of hydrogen-bond donors (Lipinski definition) is 1. The highest BCUT2D eigenvalue weighted by Crippen LogP contribution is 2.36. The molecule has 2 aromatic carbocycles. The predicted octanol–water partition coefficient (Wildman–Crippen LogP) is 4.09. The van der Waals surface area contributed by atoms with Crippen LogP contribution in [0, 0.1) is 0 Å². The number of amides is 1. The predicted molar refractivity (Wildman–Crippen MR) is 113 cm³/mol. The largest absolute Gasteiger partial charge is 0.381 e. The summed E-state index contributed by atoms with van der Waals surface area (Å²) in [6.07, 6.45) is 4.56. The van der Waals surface area contributed by atoms with Crippen molar-refractivity contribution in [3.63, 3.8) is 0 Å². The molecule has 1 aliphatic carbocycles. The molecule has 29 heavy (non-hydrogen) atoms. The first-order valence-corrected chi connectivity index (χ1v) is 11.9. The van der Waals surface area contributed by atoms with Crippen molar-refractivity contribution >= 4 is 21.4 Å². The molecule has 0 unspecified atom stereocenters. The lowest BCUT2D eigenvalue weighted by molar-refractivity contribution is -0.125. The molecule has 1 amide bonds. The molecule has 154 valence electrons. The van der Waals surface area contributed by atoms with Crippen molar-refractivity contribution in [2.24, 2.45) is 0 Å². The number of anilines is 1.